The third kappa shape index (κ3) is 8.60. The van der Waals surface area contributed by atoms with Crippen LogP contribution in [0.25, 0.3) is 11.1 Å². The third-order valence-electron chi connectivity index (χ3n) is 8.31. The number of alkyl halides is 3. The number of nitrogens with zero attached hydrogens (tertiary/aromatic N) is 2. The van der Waals surface area contributed by atoms with Gasteiger partial charge in [-0.25, -0.2) is 0 Å². The van der Waals surface area contributed by atoms with Crippen LogP contribution in [0.3, 0.4) is 0 Å². The molecule has 1 aliphatic rings. The van der Waals surface area contributed by atoms with Crippen molar-refractivity contribution in [2.75, 3.05) is 50.1 Å². The summed E-state index contributed by atoms with van der Waals surface area (Å²) in [5.74, 6) is -0.792. The Labute approximate surface area is 277 Å². The van der Waals surface area contributed by atoms with Gasteiger partial charge in [0.2, 0.25) is 5.91 Å². The third-order valence-corrected chi connectivity index (χ3v) is 8.31. The average molecular weight is 659 g/mol. The molecule has 8 nitrogen and oxygen atoms in total. The van der Waals surface area contributed by atoms with Crippen molar-refractivity contribution in [1.29, 1.82) is 0 Å². The van der Waals surface area contributed by atoms with Gasteiger partial charge in [0, 0.05) is 56.1 Å². The van der Waals surface area contributed by atoms with Gasteiger partial charge in [-0.15, -0.1) is 0 Å². The molecular weight excluding hydrogens is 621 g/mol. The highest BCUT2D eigenvalue weighted by atomic mass is 19.4. The van der Waals surface area contributed by atoms with Crippen molar-refractivity contribution in [3.63, 3.8) is 0 Å². The maximum Gasteiger partial charge on any atom is 0.416 e. The van der Waals surface area contributed by atoms with Crippen LogP contribution in [-0.4, -0.2) is 62.5 Å². The molecule has 48 heavy (non-hydrogen) atoms. The number of ether oxygens (including phenoxy) is 1. The van der Waals surface area contributed by atoms with Crippen molar-refractivity contribution < 1.29 is 32.3 Å². The van der Waals surface area contributed by atoms with E-state index >= 15 is 0 Å². The molecule has 4 aromatic carbocycles. The van der Waals surface area contributed by atoms with Crippen LogP contribution in [0.1, 0.15) is 40.4 Å². The number of carbonyl (C=O) groups excluding carboxylic acids is 3. The van der Waals surface area contributed by atoms with Crippen molar-refractivity contribution in [3.05, 3.63) is 120 Å². The van der Waals surface area contributed by atoms with E-state index in [9.17, 15) is 27.6 Å². The second-order valence-electron chi connectivity index (χ2n) is 11.4. The lowest BCUT2D eigenvalue weighted by molar-refractivity contribution is -0.141. The van der Waals surface area contributed by atoms with Gasteiger partial charge in [-0.3, -0.25) is 19.3 Å². The largest absolute Gasteiger partial charge is 0.469 e. The second-order valence-corrected chi connectivity index (χ2v) is 11.4. The fourth-order valence-electron chi connectivity index (χ4n) is 5.77. The number of methoxy groups -OCH3 is 1. The fraction of sp³-hybridized carbons (Fsp3) is 0.270. The molecule has 2 amide bonds. The van der Waals surface area contributed by atoms with E-state index in [2.05, 4.69) is 25.2 Å². The zero-order valence-electron chi connectivity index (χ0n) is 26.5. The van der Waals surface area contributed by atoms with Gasteiger partial charge >= 0.3 is 12.1 Å². The molecule has 4 aromatic rings. The fourth-order valence-corrected chi connectivity index (χ4v) is 5.77. The van der Waals surface area contributed by atoms with Crippen LogP contribution in [0.5, 0.6) is 0 Å². The molecular formula is C37H37F3N4O4. The van der Waals surface area contributed by atoms with E-state index in [1.807, 2.05) is 54.6 Å². The van der Waals surface area contributed by atoms with E-state index in [4.69, 9.17) is 0 Å². The van der Waals surface area contributed by atoms with Crippen LogP contribution in [0.15, 0.2) is 103 Å². The van der Waals surface area contributed by atoms with Gasteiger partial charge in [0.05, 0.1) is 12.7 Å². The Bertz CT molecular complexity index is 1690. The van der Waals surface area contributed by atoms with Crippen LogP contribution in [-0.2, 0) is 20.5 Å². The average Bonchev–Trinajstić information content (AvgIpc) is 3.11. The lowest BCUT2D eigenvalue weighted by atomic mass is 9.98. The molecule has 0 radical (unpaired) electrons. The van der Waals surface area contributed by atoms with Gasteiger partial charge in [-0.1, -0.05) is 60.7 Å². The highest BCUT2D eigenvalue weighted by Crippen LogP contribution is 2.32. The molecule has 1 atom stereocenters. The molecule has 1 saturated heterocycles. The molecule has 5 rings (SSSR count). The molecule has 1 heterocycles. The van der Waals surface area contributed by atoms with Crippen molar-refractivity contribution in [1.82, 2.24) is 10.2 Å². The van der Waals surface area contributed by atoms with E-state index in [0.29, 0.717) is 61.5 Å². The Kier molecular flexibility index (Phi) is 11.1. The number of nitrogens with one attached hydrogen (secondary N) is 2. The Morgan fingerprint density at radius 3 is 2.10 bits per heavy atom. The SMILES string of the molecule is COC(=O)CCCNC(=O)C(c1ccccc1)N1CCN(c2ccc(NC(=O)c3ccccc3-c3ccc(C(F)(F)F)cc3)cc2)CC1. The number of esters is 1. The molecule has 2 N–H and O–H groups in total. The van der Waals surface area contributed by atoms with Gasteiger partial charge < -0.3 is 20.3 Å². The van der Waals surface area contributed by atoms with Crippen LogP contribution in [0, 0.1) is 0 Å². The first-order valence-electron chi connectivity index (χ1n) is 15.7. The minimum Gasteiger partial charge on any atom is -0.469 e. The van der Waals surface area contributed by atoms with E-state index in [0.717, 1.165) is 23.4 Å². The summed E-state index contributed by atoms with van der Waals surface area (Å²) in [5, 5.41) is 5.88. The Balaban J connectivity index is 1.20. The Morgan fingerprint density at radius 1 is 0.812 bits per heavy atom. The predicted molar refractivity (Wildman–Crippen MR) is 179 cm³/mol. The summed E-state index contributed by atoms with van der Waals surface area (Å²) >= 11 is 0. The second kappa shape index (κ2) is 15.6. The van der Waals surface area contributed by atoms with E-state index in [1.54, 1.807) is 24.3 Å². The van der Waals surface area contributed by atoms with Gasteiger partial charge in [0.1, 0.15) is 6.04 Å². The number of halogens is 3. The summed E-state index contributed by atoms with van der Waals surface area (Å²) in [6.45, 7) is 3.04. The standard InChI is InChI=1S/C37H37F3N4O4/c1-48-33(45)12-7-21-41-36(47)34(27-8-3-2-4-9-27)44-24-22-43(23-25-44)30-19-17-29(18-20-30)42-35(46)32-11-6-5-10-31(32)26-13-15-28(16-14-26)37(38,39)40/h2-6,8-11,13-20,34H,7,12,21-25H2,1H3,(H,41,47)(H,42,46). The number of rotatable bonds is 11. The first-order valence-corrected chi connectivity index (χ1v) is 15.7. The molecule has 0 aromatic heterocycles. The van der Waals surface area contributed by atoms with Gasteiger partial charge in [-0.2, -0.15) is 13.2 Å². The number of hydrogen-bond donors (Lipinski definition) is 2. The maximum absolute atomic E-state index is 13.3. The summed E-state index contributed by atoms with van der Waals surface area (Å²) in [5.41, 5.74) is 3.09. The zero-order valence-corrected chi connectivity index (χ0v) is 26.5. The van der Waals surface area contributed by atoms with Gasteiger partial charge in [-0.05, 0) is 65.6 Å². The number of benzene rings is 4. The summed E-state index contributed by atoms with van der Waals surface area (Å²) in [4.78, 5) is 42.4. The van der Waals surface area contributed by atoms with Crippen molar-refractivity contribution in [2.24, 2.45) is 0 Å². The summed E-state index contributed by atoms with van der Waals surface area (Å²) in [6, 6.07) is 28.2. The van der Waals surface area contributed by atoms with Gasteiger partial charge in [0.25, 0.3) is 5.91 Å². The number of carbonyl (C=O) groups is 3. The molecule has 1 aliphatic heterocycles. The molecule has 250 valence electrons. The minimum atomic E-state index is -4.44. The van der Waals surface area contributed by atoms with E-state index in [1.165, 1.54) is 19.2 Å². The molecule has 0 aliphatic carbocycles. The first-order chi connectivity index (χ1) is 23.1. The molecule has 1 fully saturated rings. The predicted octanol–water partition coefficient (Wildman–Crippen LogP) is 6.56. The van der Waals surface area contributed by atoms with Crippen molar-refractivity contribution in [2.45, 2.75) is 25.1 Å². The molecule has 0 spiro atoms. The van der Waals surface area contributed by atoms with Crippen LogP contribution in [0.4, 0.5) is 24.5 Å². The maximum atomic E-state index is 13.3. The van der Waals surface area contributed by atoms with Gasteiger partial charge in [0.15, 0.2) is 0 Å². The normalized spacial score (nSPS) is 14.2. The summed E-state index contributed by atoms with van der Waals surface area (Å²) in [6.07, 6.45) is -3.70. The number of anilines is 2. The van der Waals surface area contributed by atoms with Crippen molar-refractivity contribution >= 4 is 29.2 Å². The molecule has 11 heteroatoms. The number of amides is 2. The highest BCUT2D eigenvalue weighted by molar-refractivity contribution is 6.08. The van der Waals surface area contributed by atoms with E-state index in [-0.39, 0.29) is 24.2 Å². The Hall–Kier alpha value is -5.16. The van der Waals surface area contributed by atoms with Crippen LogP contribution < -0.4 is 15.5 Å². The van der Waals surface area contributed by atoms with Crippen LogP contribution >= 0.6 is 0 Å². The topological polar surface area (TPSA) is 91.0 Å². The van der Waals surface area contributed by atoms with Crippen LogP contribution in [0.2, 0.25) is 0 Å². The monoisotopic (exact) mass is 658 g/mol. The smallest absolute Gasteiger partial charge is 0.416 e. The lowest BCUT2D eigenvalue weighted by Gasteiger charge is -2.39. The minimum absolute atomic E-state index is 0.112. The quantitative estimate of drug-likeness (QED) is 0.140. The number of hydrogen-bond acceptors (Lipinski definition) is 6. The molecule has 0 bridgehead atoms. The molecule has 0 saturated carbocycles. The lowest BCUT2D eigenvalue weighted by Crippen LogP contribution is -2.51. The molecule has 1 unspecified atom stereocenters. The Morgan fingerprint density at radius 2 is 1.46 bits per heavy atom. The first kappa shape index (κ1) is 34.2. The highest BCUT2D eigenvalue weighted by Gasteiger charge is 2.31. The summed E-state index contributed by atoms with van der Waals surface area (Å²) in [7, 11) is 1.34. The van der Waals surface area contributed by atoms with E-state index < -0.39 is 17.8 Å². The van der Waals surface area contributed by atoms with Crippen molar-refractivity contribution in [3.8, 4) is 11.1 Å². The zero-order chi connectivity index (χ0) is 34.1. The summed E-state index contributed by atoms with van der Waals surface area (Å²) < 4.78 is 43.8. The number of piperazine rings is 1.